The highest BCUT2D eigenvalue weighted by Crippen LogP contribution is 2.34. The number of aliphatic hydroxyl groups excluding tert-OH is 1. The molecule has 1 aromatic rings. The van der Waals surface area contributed by atoms with Gasteiger partial charge < -0.3 is 15.7 Å². The van der Waals surface area contributed by atoms with Gasteiger partial charge in [-0.25, -0.2) is 0 Å². The van der Waals surface area contributed by atoms with Crippen molar-refractivity contribution in [1.82, 2.24) is 4.90 Å². The van der Waals surface area contributed by atoms with Gasteiger partial charge in [0.05, 0.1) is 6.10 Å². The van der Waals surface area contributed by atoms with Gasteiger partial charge in [-0.2, -0.15) is 0 Å². The molecule has 2 fully saturated rings. The molecule has 0 unspecified atom stereocenters. The maximum absolute atomic E-state index is 13.0. The van der Waals surface area contributed by atoms with Gasteiger partial charge in [0.25, 0.3) is 5.91 Å². The minimum atomic E-state index is -0.491. The highest BCUT2D eigenvalue weighted by Gasteiger charge is 2.37. The quantitative estimate of drug-likeness (QED) is 0.892. The topological polar surface area (TPSA) is 83.6 Å². The summed E-state index contributed by atoms with van der Waals surface area (Å²) in [5.74, 6) is -0.309. The van der Waals surface area contributed by atoms with Crippen molar-refractivity contribution in [2.24, 2.45) is 11.7 Å². The van der Waals surface area contributed by atoms with Crippen LogP contribution >= 0.6 is 0 Å². The molecule has 0 radical (unpaired) electrons. The second kappa shape index (κ2) is 7.34. The summed E-state index contributed by atoms with van der Waals surface area (Å²) in [6.07, 6.45) is 6.83. The molecular formula is C19H26N2O3. The molecule has 0 bridgehead atoms. The predicted molar refractivity (Wildman–Crippen MR) is 91.6 cm³/mol. The molecule has 24 heavy (non-hydrogen) atoms. The van der Waals surface area contributed by atoms with Gasteiger partial charge in [-0.15, -0.1) is 0 Å². The number of nitrogens with zero attached hydrogens (tertiary/aromatic N) is 1. The third-order valence-corrected chi connectivity index (χ3v) is 5.50. The van der Waals surface area contributed by atoms with Gasteiger partial charge in [0.15, 0.2) is 0 Å². The van der Waals surface area contributed by atoms with Crippen LogP contribution in [0.2, 0.25) is 0 Å². The maximum atomic E-state index is 13.0. The second-order valence-electron chi connectivity index (χ2n) is 7.02. The van der Waals surface area contributed by atoms with Crippen LogP contribution in [0.3, 0.4) is 0 Å². The molecule has 130 valence electrons. The molecule has 1 saturated heterocycles. The Bertz CT molecular complexity index is 599. The smallest absolute Gasteiger partial charge is 0.254 e. The van der Waals surface area contributed by atoms with E-state index in [4.69, 9.17) is 5.73 Å². The number of hydrogen-bond donors (Lipinski definition) is 2. The third-order valence-electron chi connectivity index (χ3n) is 5.50. The van der Waals surface area contributed by atoms with Crippen molar-refractivity contribution >= 4 is 11.8 Å². The van der Waals surface area contributed by atoms with Gasteiger partial charge in [0, 0.05) is 29.6 Å². The molecule has 3 N–H and O–H groups in total. The summed E-state index contributed by atoms with van der Waals surface area (Å²) in [6.45, 7) is 0.740. The number of piperidine rings is 1. The maximum Gasteiger partial charge on any atom is 0.254 e. The lowest BCUT2D eigenvalue weighted by Crippen LogP contribution is -2.51. The van der Waals surface area contributed by atoms with E-state index in [-0.39, 0.29) is 24.0 Å². The SMILES string of the molecule is NC(=O)c1ccc(C(=O)N2CCCC[C@@H]2[C@H]2CCCC[C@H]2O)cc1. The number of carbonyl (C=O) groups is 2. The van der Waals surface area contributed by atoms with Crippen LogP contribution in [0.15, 0.2) is 24.3 Å². The summed E-state index contributed by atoms with van der Waals surface area (Å²) >= 11 is 0. The van der Waals surface area contributed by atoms with Crippen molar-refractivity contribution in [1.29, 1.82) is 0 Å². The number of rotatable bonds is 3. The summed E-state index contributed by atoms with van der Waals surface area (Å²) in [6, 6.07) is 6.67. The first kappa shape index (κ1) is 17.0. The Kier molecular flexibility index (Phi) is 5.19. The predicted octanol–water partition coefficient (Wildman–Crippen LogP) is 2.33. The highest BCUT2D eigenvalue weighted by atomic mass is 16.3. The van der Waals surface area contributed by atoms with Gasteiger partial charge in [-0.3, -0.25) is 9.59 Å². The van der Waals surface area contributed by atoms with E-state index in [1.54, 1.807) is 24.3 Å². The largest absolute Gasteiger partial charge is 0.393 e. The molecule has 0 aromatic heterocycles. The Morgan fingerprint density at radius 3 is 2.25 bits per heavy atom. The van der Waals surface area contributed by atoms with E-state index in [2.05, 4.69) is 0 Å². The average Bonchev–Trinajstić information content (AvgIpc) is 2.62. The number of hydrogen-bond acceptors (Lipinski definition) is 3. The van der Waals surface area contributed by atoms with Crippen LogP contribution in [0.5, 0.6) is 0 Å². The molecule has 1 aliphatic carbocycles. The van der Waals surface area contributed by atoms with Crippen molar-refractivity contribution < 1.29 is 14.7 Å². The van der Waals surface area contributed by atoms with Crippen molar-refractivity contribution in [3.05, 3.63) is 35.4 Å². The lowest BCUT2D eigenvalue weighted by molar-refractivity contribution is -0.00128. The van der Waals surface area contributed by atoms with E-state index in [1.807, 2.05) is 4.90 Å². The van der Waals surface area contributed by atoms with E-state index in [0.717, 1.165) is 51.5 Å². The number of aliphatic hydroxyl groups is 1. The minimum Gasteiger partial charge on any atom is -0.393 e. The van der Waals surface area contributed by atoms with E-state index < -0.39 is 5.91 Å². The molecule has 3 rings (SSSR count). The molecule has 5 heteroatoms. The lowest BCUT2D eigenvalue weighted by Gasteiger charge is -2.43. The zero-order chi connectivity index (χ0) is 17.1. The number of primary amides is 1. The van der Waals surface area contributed by atoms with Crippen LogP contribution in [0.25, 0.3) is 0 Å². The first-order valence-corrected chi connectivity index (χ1v) is 8.97. The average molecular weight is 330 g/mol. The van der Waals surface area contributed by atoms with Crippen LogP contribution in [0.4, 0.5) is 0 Å². The number of likely N-dealkylation sites (tertiary alicyclic amines) is 1. The van der Waals surface area contributed by atoms with Gasteiger partial charge in [-0.05, 0) is 56.4 Å². The summed E-state index contributed by atoms with van der Waals surface area (Å²) in [5.41, 5.74) is 6.24. The van der Waals surface area contributed by atoms with Crippen molar-refractivity contribution in [3.63, 3.8) is 0 Å². The molecule has 3 atom stereocenters. The Morgan fingerprint density at radius 2 is 1.58 bits per heavy atom. The number of benzene rings is 1. The molecule has 0 spiro atoms. The van der Waals surface area contributed by atoms with E-state index >= 15 is 0 Å². The summed E-state index contributed by atoms with van der Waals surface area (Å²) < 4.78 is 0. The fourth-order valence-corrected chi connectivity index (χ4v) is 4.19. The van der Waals surface area contributed by atoms with Crippen LogP contribution in [-0.2, 0) is 0 Å². The standard InChI is InChI=1S/C19H26N2O3/c20-18(23)13-8-10-14(11-9-13)19(24)21-12-4-3-6-16(21)15-5-1-2-7-17(15)22/h8-11,15-17,22H,1-7,12H2,(H2,20,23)/t15-,16-,17-/m1/s1. The number of nitrogens with two attached hydrogens (primary N) is 1. The third kappa shape index (κ3) is 3.46. The van der Waals surface area contributed by atoms with E-state index in [0.29, 0.717) is 11.1 Å². The van der Waals surface area contributed by atoms with Crippen LogP contribution < -0.4 is 5.73 Å². The molecule has 1 aromatic carbocycles. The fraction of sp³-hybridized carbons (Fsp3) is 0.579. The van der Waals surface area contributed by atoms with Gasteiger partial charge >= 0.3 is 0 Å². The molecule has 2 amide bonds. The minimum absolute atomic E-state index is 0.00602. The van der Waals surface area contributed by atoms with Crippen LogP contribution in [0, 0.1) is 5.92 Å². The lowest BCUT2D eigenvalue weighted by atomic mass is 9.78. The summed E-state index contributed by atoms with van der Waals surface area (Å²) in [5, 5.41) is 10.4. The Labute approximate surface area is 142 Å². The van der Waals surface area contributed by atoms with Crippen molar-refractivity contribution in [2.45, 2.75) is 57.1 Å². The van der Waals surface area contributed by atoms with Crippen molar-refractivity contribution in [3.8, 4) is 0 Å². The molecule has 2 aliphatic rings. The van der Waals surface area contributed by atoms with E-state index in [1.165, 1.54) is 0 Å². The zero-order valence-electron chi connectivity index (χ0n) is 14.0. The van der Waals surface area contributed by atoms with Crippen LogP contribution in [-0.4, -0.2) is 40.5 Å². The highest BCUT2D eigenvalue weighted by molar-refractivity contribution is 5.97. The molecular weight excluding hydrogens is 304 g/mol. The molecule has 1 aliphatic heterocycles. The number of carbonyl (C=O) groups excluding carboxylic acids is 2. The first-order valence-electron chi connectivity index (χ1n) is 8.97. The molecule has 5 nitrogen and oxygen atoms in total. The van der Waals surface area contributed by atoms with E-state index in [9.17, 15) is 14.7 Å². The molecule has 1 saturated carbocycles. The molecule has 1 heterocycles. The Balaban J connectivity index is 1.79. The first-order chi connectivity index (χ1) is 11.6. The number of amides is 2. The Hall–Kier alpha value is -1.88. The Morgan fingerprint density at radius 1 is 0.958 bits per heavy atom. The van der Waals surface area contributed by atoms with Gasteiger partial charge in [0.2, 0.25) is 5.91 Å². The van der Waals surface area contributed by atoms with Crippen molar-refractivity contribution in [2.75, 3.05) is 6.54 Å². The zero-order valence-corrected chi connectivity index (χ0v) is 14.0. The summed E-state index contributed by atoms with van der Waals surface area (Å²) in [4.78, 5) is 26.1. The monoisotopic (exact) mass is 330 g/mol. The second-order valence-corrected chi connectivity index (χ2v) is 7.02. The fourth-order valence-electron chi connectivity index (χ4n) is 4.19. The summed E-state index contributed by atoms with van der Waals surface area (Å²) in [7, 11) is 0. The van der Waals surface area contributed by atoms with Crippen LogP contribution in [0.1, 0.15) is 65.7 Å². The van der Waals surface area contributed by atoms with Gasteiger partial charge in [-0.1, -0.05) is 12.8 Å². The van der Waals surface area contributed by atoms with Gasteiger partial charge in [0.1, 0.15) is 0 Å². The normalized spacial score (nSPS) is 27.7.